The molecule has 0 fully saturated rings. The smallest absolute Gasteiger partial charge is 0.230 e. The fraction of sp³-hybridized carbons (Fsp3) is 0.167. The molecule has 66 valence electrons. The van der Waals surface area contributed by atoms with E-state index in [1.807, 2.05) is 0 Å². The second-order valence-electron chi connectivity index (χ2n) is 2.24. The summed E-state index contributed by atoms with van der Waals surface area (Å²) >= 11 is 5.54. The standard InChI is InChI=1S/C6H7ClN2O2S/c1-12(10,11)9-6-3-2-5(7)4-8-6/h2-4H,1H3,(H,8,9). The first-order valence-corrected chi connectivity index (χ1v) is 5.34. The molecule has 4 nitrogen and oxygen atoms in total. The number of rotatable bonds is 2. The van der Waals surface area contributed by atoms with E-state index in [4.69, 9.17) is 11.6 Å². The average Bonchev–Trinajstić information content (AvgIpc) is 1.91. The highest BCUT2D eigenvalue weighted by atomic mass is 35.5. The molecule has 6 heteroatoms. The van der Waals surface area contributed by atoms with Crippen LogP contribution >= 0.6 is 11.6 Å². The van der Waals surface area contributed by atoms with Crippen molar-refractivity contribution >= 4 is 27.4 Å². The van der Waals surface area contributed by atoms with Crippen molar-refractivity contribution in [2.75, 3.05) is 11.0 Å². The highest BCUT2D eigenvalue weighted by molar-refractivity contribution is 7.92. The van der Waals surface area contributed by atoms with Crippen molar-refractivity contribution in [3.8, 4) is 0 Å². The molecule has 1 N–H and O–H groups in total. The van der Waals surface area contributed by atoms with Crippen LogP contribution in [0.5, 0.6) is 0 Å². The summed E-state index contributed by atoms with van der Waals surface area (Å²) < 4.78 is 23.6. The Bertz CT molecular complexity index is 360. The Hall–Kier alpha value is -0.810. The number of sulfonamides is 1. The van der Waals surface area contributed by atoms with Crippen LogP contribution in [0.1, 0.15) is 0 Å². The van der Waals surface area contributed by atoms with Crippen molar-refractivity contribution in [3.05, 3.63) is 23.4 Å². The maximum absolute atomic E-state index is 10.7. The van der Waals surface area contributed by atoms with E-state index in [0.717, 1.165) is 6.26 Å². The summed E-state index contributed by atoms with van der Waals surface area (Å²) in [5.41, 5.74) is 0. The fourth-order valence-corrected chi connectivity index (χ4v) is 1.24. The average molecular weight is 207 g/mol. The molecule has 0 spiro atoms. The van der Waals surface area contributed by atoms with Crippen LogP contribution in [0.25, 0.3) is 0 Å². The number of nitrogens with one attached hydrogen (secondary N) is 1. The zero-order chi connectivity index (χ0) is 9.19. The predicted molar refractivity (Wildman–Crippen MR) is 47.7 cm³/mol. The minimum Gasteiger partial charge on any atom is -0.268 e. The first kappa shape index (κ1) is 9.28. The van der Waals surface area contributed by atoms with Crippen molar-refractivity contribution < 1.29 is 8.42 Å². The topological polar surface area (TPSA) is 59.1 Å². The van der Waals surface area contributed by atoms with E-state index in [0.29, 0.717) is 5.02 Å². The molecule has 0 atom stereocenters. The van der Waals surface area contributed by atoms with E-state index >= 15 is 0 Å². The molecule has 1 heterocycles. The third-order valence-electron chi connectivity index (χ3n) is 1.02. The van der Waals surface area contributed by atoms with Gasteiger partial charge in [0.25, 0.3) is 0 Å². The molecular formula is C6H7ClN2O2S. The molecule has 0 radical (unpaired) electrons. The van der Waals surface area contributed by atoms with E-state index in [9.17, 15) is 8.42 Å². The van der Waals surface area contributed by atoms with Gasteiger partial charge in [-0.15, -0.1) is 0 Å². The lowest BCUT2D eigenvalue weighted by molar-refractivity contribution is 0.606. The molecule has 0 aliphatic rings. The molecule has 12 heavy (non-hydrogen) atoms. The second-order valence-corrected chi connectivity index (χ2v) is 4.42. The van der Waals surface area contributed by atoms with Gasteiger partial charge in [-0.2, -0.15) is 0 Å². The van der Waals surface area contributed by atoms with Crippen molar-refractivity contribution in [1.82, 2.24) is 4.98 Å². The Balaban J connectivity index is 2.85. The first-order chi connectivity index (χ1) is 5.47. The summed E-state index contributed by atoms with van der Waals surface area (Å²) in [4.78, 5) is 3.74. The summed E-state index contributed by atoms with van der Waals surface area (Å²) in [6.45, 7) is 0. The number of hydrogen-bond acceptors (Lipinski definition) is 3. The third kappa shape index (κ3) is 3.06. The monoisotopic (exact) mass is 206 g/mol. The normalized spacial score (nSPS) is 11.2. The van der Waals surface area contributed by atoms with Gasteiger partial charge in [-0.1, -0.05) is 11.6 Å². The highest BCUT2D eigenvalue weighted by Crippen LogP contribution is 2.09. The van der Waals surface area contributed by atoms with Crippen molar-refractivity contribution in [1.29, 1.82) is 0 Å². The van der Waals surface area contributed by atoms with Crippen LogP contribution in [0.15, 0.2) is 18.3 Å². The molecule has 1 rings (SSSR count). The molecule has 0 bridgehead atoms. The molecule has 0 unspecified atom stereocenters. The molecule has 0 aromatic carbocycles. The minimum atomic E-state index is -3.25. The largest absolute Gasteiger partial charge is 0.268 e. The van der Waals surface area contributed by atoms with Gasteiger partial charge >= 0.3 is 0 Å². The Morgan fingerprint density at radius 2 is 2.17 bits per heavy atom. The number of halogens is 1. The zero-order valence-electron chi connectivity index (χ0n) is 6.28. The Morgan fingerprint density at radius 1 is 1.50 bits per heavy atom. The first-order valence-electron chi connectivity index (χ1n) is 3.07. The van der Waals surface area contributed by atoms with E-state index < -0.39 is 10.0 Å². The number of pyridine rings is 1. The molecule has 0 saturated heterocycles. The van der Waals surface area contributed by atoms with Crippen LogP contribution in [0.4, 0.5) is 5.82 Å². The third-order valence-corrected chi connectivity index (χ3v) is 1.82. The highest BCUT2D eigenvalue weighted by Gasteiger charge is 2.01. The van der Waals surface area contributed by atoms with Crippen LogP contribution < -0.4 is 4.72 Å². The van der Waals surface area contributed by atoms with Crippen LogP contribution in [0, 0.1) is 0 Å². The van der Waals surface area contributed by atoms with Crippen molar-refractivity contribution in [2.45, 2.75) is 0 Å². The van der Waals surface area contributed by atoms with E-state index in [1.165, 1.54) is 12.3 Å². The Labute approximate surface area is 75.6 Å². The summed E-state index contributed by atoms with van der Waals surface area (Å²) in [5, 5.41) is 0.467. The van der Waals surface area contributed by atoms with E-state index in [1.54, 1.807) is 6.07 Å². The number of hydrogen-bond donors (Lipinski definition) is 1. The quantitative estimate of drug-likeness (QED) is 0.789. The predicted octanol–water partition coefficient (Wildman–Crippen LogP) is 1.11. The summed E-state index contributed by atoms with van der Waals surface area (Å²) in [6.07, 6.45) is 2.43. The SMILES string of the molecule is CS(=O)(=O)Nc1ccc(Cl)cn1. The van der Waals surface area contributed by atoms with Gasteiger partial charge in [-0.25, -0.2) is 13.4 Å². The fourth-order valence-electron chi connectivity index (χ4n) is 0.626. The number of anilines is 1. The molecule has 0 amide bonds. The minimum absolute atomic E-state index is 0.266. The Kier molecular flexibility index (Phi) is 2.54. The number of nitrogens with zero attached hydrogens (tertiary/aromatic N) is 1. The van der Waals surface area contributed by atoms with Crippen molar-refractivity contribution in [3.63, 3.8) is 0 Å². The van der Waals surface area contributed by atoms with Gasteiger partial charge in [0.15, 0.2) is 0 Å². The van der Waals surface area contributed by atoms with E-state index in [-0.39, 0.29) is 5.82 Å². The van der Waals surface area contributed by atoms with Crippen LogP contribution in [-0.2, 0) is 10.0 Å². The molecule has 0 saturated carbocycles. The van der Waals surface area contributed by atoms with Crippen LogP contribution in [0.2, 0.25) is 5.02 Å². The van der Waals surface area contributed by atoms with Crippen molar-refractivity contribution in [2.24, 2.45) is 0 Å². The Morgan fingerprint density at radius 3 is 2.58 bits per heavy atom. The summed E-state index contributed by atoms with van der Waals surface area (Å²) in [6, 6.07) is 3.05. The lowest BCUT2D eigenvalue weighted by Crippen LogP contribution is -2.10. The summed E-state index contributed by atoms with van der Waals surface area (Å²) in [7, 11) is -3.25. The van der Waals surface area contributed by atoms with Gasteiger partial charge in [-0.3, -0.25) is 4.72 Å². The number of aromatic nitrogens is 1. The van der Waals surface area contributed by atoms with Gasteiger partial charge in [0.2, 0.25) is 10.0 Å². The molecule has 1 aromatic rings. The molecular weight excluding hydrogens is 200 g/mol. The van der Waals surface area contributed by atoms with E-state index in [2.05, 4.69) is 9.71 Å². The molecule has 0 aliphatic carbocycles. The van der Waals surface area contributed by atoms with Crippen LogP contribution in [-0.4, -0.2) is 19.7 Å². The van der Waals surface area contributed by atoms with Gasteiger partial charge < -0.3 is 0 Å². The molecule has 1 aromatic heterocycles. The van der Waals surface area contributed by atoms with Gasteiger partial charge in [0.05, 0.1) is 11.3 Å². The molecule has 0 aliphatic heterocycles. The van der Waals surface area contributed by atoms with Gasteiger partial charge in [-0.05, 0) is 12.1 Å². The lowest BCUT2D eigenvalue weighted by Gasteiger charge is -2.00. The maximum Gasteiger partial charge on any atom is 0.230 e. The van der Waals surface area contributed by atoms with Crippen LogP contribution in [0.3, 0.4) is 0 Å². The van der Waals surface area contributed by atoms with Gasteiger partial charge in [0, 0.05) is 6.20 Å². The van der Waals surface area contributed by atoms with Gasteiger partial charge in [0.1, 0.15) is 5.82 Å². The maximum atomic E-state index is 10.7. The lowest BCUT2D eigenvalue weighted by atomic mass is 10.5. The summed E-state index contributed by atoms with van der Waals surface area (Å²) in [5.74, 6) is 0.266. The second kappa shape index (κ2) is 3.28. The zero-order valence-corrected chi connectivity index (χ0v) is 7.85.